The van der Waals surface area contributed by atoms with Gasteiger partial charge in [0, 0.05) is 29.9 Å². The minimum Gasteiger partial charge on any atom is -0.405 e. The van der Waals surface area contributed by atoms with E-state index in [0.717, 1.165) is 12.8 Å². The lowest BCUT2D eigenvalue weighted by atomic mass is 9.96. The van der Waals surface area contributed by atoms with Crippen molar-refractivity contribution < 1.29 is 32.0 Å². The van der Waals surface area contributed by atoms with Gasteiger partial charge in [-0.3, -0.25) is 4.79 Å². The van der Waals surface area contributed by atoms with E-state index in [-0.39, 0.29) is 35.7 Å². The SMILES string of the molecule is O=C1CCC(OCc2c(-c3ccccc3OC(F)(F)F)noc2C2CC2)CC1. The molecule has 0 aliphatic heterocycles. The van der Waals surface area contributed by atoms with E-state index in [9.17, 15) is 18.0 Å². The van der Waals surface area contributed by atoms with Crippen molar-refractivity contribution in [2.24, 2.45) is 0 Å². The van der Waals surface area contributed by atoms with E-state index in [1.54, 1.807) is 6.07 Å². The highest BCUT2D eigenvalue weighted by molar-refractivity contribution is 5.79. The average Bonchev–Trinajstić information content (AvgIpc) is 3.40. The quantitative estimate of drug-likeness (QED) is 0.677. The second kappa shape index (κ2) is 7.58. The first kappa shape index (κ1) is 19.0. The first-order valence-corrected chi connectivity index (χ1v) is 9.37. The third-order valence-corrected chi connectivity index (χ3v) is 5.09. The number of aromatic nitrogens is 1. The predicted molar refractivity (Wildman–Crippen MR) is 92.6 cm³/mol. The number of ether oxygens (including phenoxy) is 2. The van der Waals surface area contributed by atoms with E-state index in [1.807, 2.05) is 0 Å². The van der Waals surface area contributed by atoms with Crippen LogP contribution >= 0.6 is 0 Å². The van der Waals surface area contributed by atoms with Gasteiger partial charge in [0.25, 0.3) is 0 Å². The van der Waals surface area contributed by atoms with Crippen LogP contribution in [-0.4, -0.2) is 23.4 Å². The van der Waals surface area contributed by atoms with Crippen molar-refractivity contribution in [1.29, 1.82) is 0 Å². The van der Waals surface area contributed by atoms with Gasteiger partial charge in [0.2, 0.25) is 0 Å². The molecule has 150 valence electrons. The van der Waals surface area contributed by atoms with E-state index >= 15 is 0 Å². The van der Waals surface area contributed by atoms with E-state index < -0.39 is 6.36 Å². The van der Waals surface area contributed by atoms with Gasteiger partial charge in [0.05, 0.1) is 12.7 Å². The van der Waals surface area contributed by atoms with Crippen LogP contribution in [0.15, 0.2) is 28.8 Å². The minimum absolute atomic E-state index is 0.0471. The minimum atomic E-state index is -4.80. The summed E-state index contributed by atoms with van der Waals surface area (Å²) in [6.45, 7) is 0.184. The molecule has 1 heterocycles. The molecule has 1 aromatic heterocycles. The average molecular weight is 395 g/mol. The normalized spacial score (nSPS) is 18.5. The number of rotatable bonds is 6. The van der Waals surface area contributed by atoms with Crippen LogP contribution in [0.5, 0.6) is 5.75 Å². The number of alkyl halides is 3. The van der Waals surface area contributed by atoms with Crippen LogP contribution in [0, 0.1) is 0 Å². The molecule has 0 saturated heterocycles. The van der Waals surface area contributed by atoms with Gasteiger partial charge < -0.3 is 14.0 Å². The van der Waals surface area contributed by atoms with Crippen molar-refractivity contribution in [3.63, 3.8) is 0 Å². The van der Waals surface area contributed by atoms with Crippen LogP contribution in [-0.2, 0) is 16.1 Å². The summed E-state index contributed by atoms with van der Waals surface area (Å²) in [5, 5.41) is 4.06. The Morgan fingerprint density at radius 1 is 1.11 bits per heavy atom. The highest BCUT2D eigenvalue weighted by atomic mass is 19.4. The summed E-state index contributed by atoms with van der Waals surface area (Å²) in [4.78, 5) is 11.4. The highest BCUT2D eigenvalue weighted by Crippen LogP contribution is 2.45. The van der Waals surface area contributed by atoms with Crippen LogP contribution in [0.1, 0.15) is 55.8 Å². The molecule has 2 aliphatic carbocycles. The zero-order valence-electron chi connectivity index (χ0n) is 15.1. The monoisotopic (exact) mass is 395 g/mol. The maximum Gasteiger partial charge on any atom is 0.573 e. The summed E-state index contributed by atoms with van der Waals surface area (Å²) < 4.78 is 54.0. The second-order valence-corrected chi connectivity index (χ2v) is 7.24. The van der Waals surface area contributed by atoms with Gasteiger partial charge in [-0.15, -0.1) is 13.2 Å². The summed E-state index contributed by atoms with van der Waals surface area (Å²) in [6, 6.07) is 5.88. The fraction of sp³-hybridized carbons (Fsp3) is 0.500. The molecule has 0 atom stereocenters. The largest absolute Gasteiger partial charge is 0.573 e. The number of benzene rings is 1. The Bertz CT molecular complexity index is 847. The molecule has 0 N–H and O–H groups in total. The highest BCUT2D eigenvalue weighted by Gasteiger charge is 2.36. The first-order valence-electron chi connectivity index (χ1n) is 9.37. The summed E-state index contributed by atoms with van der Waals surface area (Å²) in [6.07, 6.45) is -0.616. The molecular formula is C20H20F3NO4. The molecule has 4 rings (SSSR count). The molecule has 8 heteroatoms. The summed E-state index contributed by atoms with van der Waals surface area (Å²) in [7, 11) is 0. The van der Waals surface area contributed by atoms with Crippen molar-refractivity contribution in [3.8, 4) is 17.0 Å². The maximum absolute atomic E-state index is 12.8. The lowest BCUT2D eigenvalue weighted by molar-refractivity contribution is -0.274. The molecule has 5 nitrogen and oxygen atoms in total. The molecule has 0 bridgehead atoms. The zero-order valence-corrected chi connectivity index (χ0v) is 15.1. The number of nitrogens with zero attached hydrogens (tertiary/aromatic N) is 1. The topological polar surface area (TPSA) is 61.6 Å². The maximum atomic E-state index is 12.8. The van der Waals surface area contributed by atoms with E-state index in [2.05, 4.69) is 9.89 Å². The van der Waals surface area contributed by atoms with Gasteiger partial charge in [-0.25, -0.2) is 0 Å². The lowest BCUT2D eigenvalue weighted by Crippen LogP contribution is -2.21. The number of ketones is 1. The Hall–Kier alpha value is -2.35. The van der Waals surface area contributed by atoms with Gasteiger partial charge in [0.1, 0.15) is 23.0 Å². The molecule has 1 aromatic carbocycles. The van der Waals surface area contributed by atoms with Crippen LogP contribution in [0.3, 0.4) is 0 Å². The second-order valence-electron chi connectivity index (χ2n) is 7.24. The van der Waals surface area contributed by atoms with Gasteiger partial charge in [-0.1, -0.05) is 17.3 Å². The number of Topliss-reactive ketones (excluding diaryl/α,β-unsaturated/α-hetero) is 1. The Balaban J connectivity index is 1.61. The Labute approximate surface area is 159 Å². The van der Waals surface area contributed by atoms with Crippen LogP contribution < -0.4 is 4.74 Å². The van der Waals surface area contributed by atoms with Crippen LogP contribution in [0.2, 0.25) is 0 Å². The summed E-state index contributed by atoms with van der Waals surface area (Å²) in [5.74, 6) is 0.810. The van der Waals surface area contributed by atoms with E-state index in [4.69, 9.17) is 9.26 Å². The number of halogens is 3. The summed E-state index contributed by atoms with van der Waals surface area (Å²) >= 11 is 0. The molecule has 2 fully saturated rings. The van der Waals surface area contributed by atoms with E-state index in [0.29, 0.717) is 42.7 Å². The third-order valence-electron chi connectivity index (χ3n) is 5.09. The molecule has 2 aromatic rings. The summed E-state index contributed by atoms with van der Waals surface area (Å²) in [5.41, 5.74) is 1.19. The molecule has 2 aliphatic rings. The smallest absolute Gasteiger partial charge is 0.405 e. The fourth-order valence-corrected chi connectivity index (χ4v) is 3.50. The number of para-hydroxylation sites is 1. The lowest BCUT2D eigenvalue weighted by Gasteiger charge is -2.21. The van der Waals surface area contributed by atoms with Gasteiger partial charge >= 0.3 is 6.36 Å². The van der Waals surface area contributed by atoms with Crippen molar-refractivity contribution in [2.45, 2.75) is 63.5 Å². The molecule has 0 radical (unpaired) electrons. The van der Waals surface area contributed by atoms with Gasteiger partial charge in [-0.05, 0) is 37.8 Å². The van der Waals surface area contributed by atoms with Crippen LogP contribution in [0.4, 0.5) is 13.2 Å². The number of carbonyl (C=O) groups is 1. The fourth-order valence-electron chi connectivity index (χ4n) is 3.50. The van der Waals surface area contributed by atoms with Gasteiger partial charge in [0.15, 0.2) is 0 Å². The van der Waals surface area contributed by atoms with E-state index in [1.165, 1.54) is 18.2 Å². The Morgan fingerprint density at radius 2 is 1.82 bits per heavy atom. The van der Waals surface area contributed by atoms with Crippen molar-refractivity contribution in [2.75, 3.05) is 0 Å². The van der Waals surface area contributed by atoms with Crippen molar-refractivity contribution in [1.82, 2.24) is 5.16 Å². The zero-order chi connectivity index (χ0) is 19.7. The number of hydrogen-bond acceptors (Lipinski definition) is 5. The molecule has 0 unspecified atom stereocenters. The molecule has 2 saturated carbocycles. The standard InChI is InChI=1S/C20H20F3NO4/c21-20(22,23)27-17-4-2-1-3-15(17)18-16(19(28-24-18)12-5-6-12)11-26-14-9-7-13(25)8-10-14/h1-4,12,14H,5-11H2. The number of carbonyl (C=O) groups excluding carboxylic acids is 1. The van der Waals surface area contributed by atoms with Gasteiger partial charge in [-0.2, -0.15) is 0 Å². The van der Waals surface area contributed by atoms with Crippen LogP contribution in [0.25, 0.3) is 11.3 Å². The molecular weight excluding hydrogens is 375 g/mol. The van der Waals surface area contributed by atoms with Crippen molar-refractivity contribution in [3.05, 3.63) is 35.6 Å². The first-order chi connectivity index (χ1) is 13.4. The Kier molecular flexibility index (Phi) is 5.14. The molecule has 0 spiro atoms. The number of hydrogen-bond donors (Lipinski definition) is 0. The molecule has 0 amide bonds. The van der Waals surface area contributed by atoms with Crippen molar-refractivity contribution >= 4 is 5.78 Å². The third kappa shape index (κ3) is 4.38. The molecule has 28 heavy (non-hydrogen) atoms. The predicted octanol–water partition coefficient (Wildman–Crippen LogP) is 5.15. The Morgan fingerprint density at radius 3 is 2.50 bits per heavy atom.